The van der Waals surface area contributed by atoms with E-state index in [1.807, 2.05) is 0 Å². The second-order valence-electron chi connectivity index (χ2n) is 8.28. The fourth-order valence-corrected chi connectivity index (χ4v) is 6.41. The predicted octanol–water partition coefficient (Wildman–Crippen LogP) is 3.69. The predicted molar refractivity (Wildman–Crippen MR) is 79.1 cm³/mol. The Bertz CT molecular complexity index is 417. The topological polar surface area (TPSA) is 0 Å². The largest absolute Gasteiger partial charge is 0.138 e. The highest BCUT2D eigenvalue weighted by Crippen LogP contribution is 2.68. The molecule has 0 aromatic carbocycles. The summed E-state index contributed by atoms with van der Waals surface area (Å²) in [5, 5.41) is 0. The Morgan fingerprint density at radius 1 is 1.17 bits per heavy atom. The molecule has 0 aromatic heterocycles. The van der Waals surface area contributed by atoms with E-state index in [0.717, 1.165) is 17.8 Å². The van der Waals surface area contributed by atoms with Crippen molar-refractivity contribution in [2.75, 3.05) is 0 Å². The quantitative estimate of drug-likeness (QED) is 0.613. The van der Waals surface area contributed by atoms with Gasteiger partial charge < -0.3 is 0 Å². The van der Waals surface area contributed by atoms with Gasteiger partial charge in [-0.2, -0.15) is 0 Å². The number of hydrogen-bond acceptors (Lipinski definition) is 0. The minimum absolute atomic E-state index is 0.687. The number of rotatable bonds is 1. The zero-order valence-corrected chi connectivity index (χ0v) is 11.9. The molecule has 0 N–H and O–H groups in total. The molecule has 0 nitrogen and oxygen atoms in total. The van der Waals surface area contributed by atoms with Gasteiger partial charge >= 0.3 is 0 Å². The van der Waals surface area contributed by atoms with E-state index in [0.29, 0.717) is 10.8 Å². The Labute approximate surface area is 112 Å². The molecule has 5 rings (SSSR count). The molecule has 96 valence electrons. The monoisotopic (exact) mass is 240 g/mol. The molecule has 5 aliphatic carbocycles. The summed E-state index contributed by atoms with van der Waals surface area (Å²) in [4.78, 5) is 0. The fraction of sp³-hybridized carbons (Fsp3) is 0.765. The van der Waals surface area contributed by atoms with E-state index in [1.54, 1.807) is 19.3 Å². The minimum Gasteiger partial charge on any atom is -0.0932 e. The van der Waals surface area contributed by atoms with Crippen molar-refractivity contribution in [3.63, 3.8) is 0 Å². The van der Waals surface area contributed by atoms with Crippen LogP contribution in [0.4, 0.5) is 0 Å². The number of hydrogen-bond donors (Lipinski definition) is 0. The van der Waals surface area contributed by atoms with Crippen LogP contribution in [-0.2, 0) is 0 Å². The second-order valence-corrected chi connectivity index (χ2v) is 8.28. The van der Waals surface area contributed by atoms with Crippen LogP contribution in [-0.4, -0.2) is 7.85 Å². The fourth-order valence-electron chi connectivity index (χ4n) is 6.41. The summed E-state index contributed by atoms with van der Waals surface area (Å²) in [6.45, 7) is 2.59. The molecule has 0 aromatic rings. The lowest BCUT2D eigenvalue weighted by Crippen LogP contribution is -2.53. The number of allylic oxidation sites excluding steroid dienone is 4. The van der Waals surface area contributed by atoms with Crippen LogP contribution in [0.15, 0.2) is 23.7 Å². The summed E-state index contributed by atoms with van der Waals surface area (Å²) in [5.41, 5.74) is 2.86. The average Bonchev–Trinajstić information content (AvgIpc) is 2.26. The summed E-state index contributed by atoms with van der Waals surface area (Å²) in [6, 6.07) is 0. The van der Waals surface area contributed by atoms with Crippen molar-refractivity contribution in [2.24, 2.45) is 28.6 Å². The standard InChI is InChI=1S/C17H25B/c1-16-7-12-6-13(8-16)10-17(9-12,11-16)14-2-4-15(18)5-3-14/h2,4-5,12-14H,3,6-11,18H2,1H3. The molecule has 3 unspecified atom stereocenters. The smallest absolute Gasteiger partial charge is 0.0932 e. The molecule has 0 radical (unpaired) electrons. The Morgan fingerprint density at radius 2 is 1.89 bits per heavy atom. The lowest BCUT2D eigenvalue weighted by molar-refractivity contribution is -0.120. The molecule has 5 aliphatic rings. The van der Waals surface area contributed by atoms with Gasteiger partial charge in [-0.05, 0) is 73.5 Å². The van der Waals surface area contributed by atoms with Crippen LogP contribution in [0.1, 0.15) is 51.9 Å². The summed E-state index contributed by atoms with van der Waals surface area (Å²) in [5.74, 6) is 2.99. The third-order valence-electron chi connectivity index (χ3n) is 6.47. The normalized spacial score (nSPS) is 53.6. The zero-order valence-electron chi connectivity index (χ0n) is 11.9. The van der Waals surface area contributed by atoms with Crippen molar-refractivity contribution in [3.05, 3.63) is 23.7 Å². The van der Waals surface area contributed by atoms with Gasteiger partial charge in [0.15, 0.2) is 0 Å². The van der Waals surface area contributed by atoms with Crippen LogP contribution < -0.4 is 0 Å². The molecule has 3 atom stereocenters. The maximum absolute atomic E-state index is 2.59. The van der Waals surface area contributed by atoms with Crippen molar-refractivity contribution in [2.45, 2.75) is 51.9 Å². The molecule has 4 bridgehead atoms. The van der Waals surface area contributed by atoms with E-state index >= 15 is 0 Å². The van der Waals surface area contributed by atoms with Gasteiger partial charge in [-0.25, -0.2) is 0 Å². The lowest BCUT2D eigenvalue weighted by atomic mass is 9.42. The van der Waals surface area contributed by atoms with Gasteiger partial charge in [0.25, 0.3) is 0 Å². The molecule has 0 heterocycles. The molecule has 4 saturated carbocycles. The molecule has 0 amide bonds. The molecule has 1 heteroatoms. The van der Waals surface area contributed by atoms with Crippen LogP contribution in [0.5, 0.6) is 0 Å². The van der Waals surface area contributed by atoms with Crippen molar-refractivity contribution in [1.82, 2.24) is 0 Å². The molecule has 4 fully saturated rings. The third-order valence-corrected chi connectivity index (χ3v) is 6.47. The Hall–Kier alpha value is -0.455. The highest BCUT2D eigenvalue weighted by atomic mass is 14.6. The highest BCUT2D eigenvalue weighted by Gasteiger charge is 2.57. The molecule has 0 saturated heterocycles. The molecular formula is C17H25B. The van der Waals surface area contributed by atoms with Crippen molar-refractivity contribution >= 4 is 7.85 Å². The molecule has 0 spiro atoms. The lowest BCUT2D eigenvalue weighted by Gasteiger charge is -2.63. The summed E-state index contributed by atoms with van der Waals surface area (Å²) >= 11 is 0. The van der Waals surface area contributed by atoms with Crippen LogP contribution in [0, 0.1) is 28.6 Å². The van der Waals surface area contributed by atoms with Crippen LogP contribution in [0.3, 0.4) is 0 Å². The average molecular weight is 240 g/mol. The summed E-state index contributed by atoms with van der Waals surface area (Å²) < 4.78 is 0. The molecule has 0 aliphatic heterocycles. The maximum atomic E-state index is 2.59. The van der Waals surface area contributed by atoms with Crippen LogP contribution in [0.2, 0.25) is 0 Å². The van der Waals surface area contributed by atoms with E-state index in [9.17, 15) is 0 Å². The van der Waals surface area contributed by atoms with Crippen molar-refractivity contribution in [1.29, 1.82) is 0 Å². The van der Waals surface area contributed by atoms with E-state index in [1.165, 1.54) is 31.2 Å². The highest BCUT2D eigenvalue weighted by molar-refractivity contribution is 6.23. The zero-order chi connectivity index (χ0) is 12.4. The van der Waals surface area contributed by atoms with Crippen molar-refractivity contribution < 1.29 is 0 Å². The van der Waals surface area contributed by atoms with Crippen LogP contribution >= 0.6 is 0 Å². The van der Waals surface area contributed by atoms with Gasteiger partial charge in [-0.1, -0.05) is 30.6 Å². The maximum Gasteiger partial charge on any atom is 0.138 e. The first-order valence-electron chi connectivity index (χ1n) is 7.92. The molecular weight excluding hydrogens is 215 g/mol. The second kappa shape index (κ2) is 3.55. The van der Waals surface area contributed by atoms with Gasteiger partial charge in [0.2, 0.25) is 0 Å². The Balaban J connectivity index is 1.66. The third kappa shape index (κ3) is 1.59. The van der Waals surface area contributed by atoms with Crippen LogP contribution in [0.25, 0.3) is 0 Å². The van der Waals surface area contributed by atoms with E-state index in [-0.39, 0.29) is 0 Å². The minimum atomic E-state index is 0.687. The molecule has 18 heavy (non-hydrogen) atoms. The first kappa shape index (κ1) is 11.4. The van der Waals surface area contributed by atoms with Gasteiger partial charge in [0.05, 0.1) is 0 Å². The van der Waals surface area contributed by atoms with Gasteiger partial charge in [0, 0.05) is 0 Å². The first-order valence-corrected chi connectivity index (χ1v) is 7.92. The van der Waals surface area contributed by atoms with E-state index in [4.69, 9.17) is 0 Å². The summed E-state index contributed by atoms with van der Waals surface area (Å²) in [6.07, 6.45) is 18.0. The van der Waals surface area contributed by atoms with Gasteiger partial charge in [-0.15, -0.1) is 0 Å². The van der Waals surface area contributed by atoms with E-state index in [2.05, 4.69) is 33.0 Å². The summed E-state index contributed by atoms with van der Waals surface area (Å²) in [7, 11) is 2.24. The van der Waals surface area contributed by atoms with Gasteiger partial charge in [0.1, 0.15) is 7.85 Å². The Morgan fingerprint density at radius 3 is 2.44 bits per heavy atom. The SMILES string of the molecule is BC1=CCC(C23CC4CC(CC(C)(C4)C2)C3)C=C1. The van der Waals surface area contributed by atoms with Crippen molar-refractivity contribution in [3.8, 4) is 0 Å². The van der Waals surface area contributed by atoms with Gasteiger partial charge in [-0.3, -0.25) is 0 Å². The Kier molecular flexibility index (Phi) is 2.25. The van der Waals surface area contributed by atoms with E-state index < -0.39 is 0 Å². The first-order chi connectivity index (χ1) is 8.57.